The van der Waals surface area contributed by atoms with Gasteiger partial charge in [0.1, 0.15) is 5.82 Å². The number of aromatic nitrogens is 4. The summed E-state index contributed by atoms with van der Waals surface area (Å²) in [5.41, 5.74) is 0.946. The average Bonchev–Trinajstić information content (AvgIpc) is 3.24. The van der Waals surface area contributed by atoms with Gasteiger partial charge in [0.2, 0.25) is 0 Å². The number of rotatable bonds is 3. The first kappa shape index (κ1) is 16.5. The van der Waals surface area contributed by atoms with Crippen molar-refractivity contribution < 1.29 is 14.3 Å². The topological polar surface area (TPSA) is 82.4 Å². The lowest BCUT2D eigenvalue weighted by molar-refractivity contribution is -0.146. The van der Waals surface area contributed by atoms with E-state index in [0.717, 1.165) is 66.5 Å². The molecule has 0 bridgehead atoms. The number of morpholine rings is 1. The molecule has 9 heteroatoms. The zero-order valence-electron chi connectivity index (χ0n) is 14.4. The van der Waals surface area contributed by atoms with Gasteiger partial charge in [-0.1, -0.05) is 11.3 Å². The molecule has 0 saturated carbocycles. The molecule has 2 aliphatic heterocycles. The van der Waals surface area contributed by atoms with Gasteiger partial charge in [-0.15, -0.1) is 10.2 Å². The first-order valence-corrected chi connectivity index (χ1v) is 9.29. The Hall–Kier alpha value is -2.00. The van der Waals surface area contributed by atoms with Crippen LogP contribution < -0.4 is 4.90 Å². The summed E-state index contributed by atoms with van der Waals surface area (Å²) < 4.78 is 12.4. The van der Waals surface area contributed by atoms with Crippen LogP contribution in [0.4, 0.5) is 5.13 Å². The van der Waals surface area contributed by atoms with Gasteiger partial charge in [0.05, 0.1) is 36.8 Å². The quantitative estimate of drug-likeness (QED) is 0.760. The lowest BCUT2D eigenvalue weighted by atomic mass is 9.99. The first-order valence-electron chi connectivity index (χ1n) is 8.47. The van der Waals surface area contributed by atoms with Crippen molar-refractivity contribution in [1.29, 1.82) is 0 Å². The van der Waals surface area contributed by atoms with E-state index in [4.69, 9.17) is 14.5 Å². The Morgan fingerprint density at radius 3 is 2.88 bits per heavy atom. The zero-order valence-corrected chi connectivity index (χ0v) is 15.2. The van der Waals surface area contributed by atoms with E-state index < -0.39 is 0 Å². The highest BCUT2D eigenvalue weighted by molar-refractivity contribution is 7.19. The number of esters is 1. The maximum atomic E-state index is 11.9. The molecule has 2 aromatic heterocycles. The molecule has 1 unspecified atom stereocenters. The molecule has 0 radical (unpaired) electrons. The molecular weight excluding hydrogens is 342 g/mol. The van der Waals surface area contributed by atoms with E-state index in [-0.39, 0.29) is 11.9 Å². The molecular formula is C16H21N5O3S. The zero-order chi connectivity index (χ0) is 17.4. The van der Waals surface area contributed by atoms with Gasteiger partial charge in [-0.3, -0.25) is 4.79 Å². The predicted molar refractivity (Wildman–Crippen MR) is 92.7 cm³/mol. The molecule has 4 rings (SSSR count). The lowest BCUT2D eigenvalue weighted by Gasteiger charge is -2.26. The summed E-state index contributed by atoms with van der Waals surface area (Å²) in [6, 6.07) is 0. The molecule has 2 aromatic rings. The number of ether oxygens (including phenoxy) is 2. The molecule has 134 valence electrons. The van der Waals surface area contributed by atoms with Crippen molar-refractivity contribution in [2.24, 2.45) is 5.92 Å². The van der Waals surface area contributed by atoms with Gasteiger partial charge in [0.25, 0.3) is 0 Å². The van der Waals surface area contributed by atoms with Gasteiger partial charge in [-0.2, -0.15) is 0 Å². The number of fused-ring (bicyclic) bond motifs is 1. The number of nitrogens with zero attached hydrogens (tertiary/aromatic N) is 5. The molecule has 8 nitrogen and oxygen atoms in total. The largest absolute Gasteiger partial charge is 0.469 e. The molecule has 2 aliphatic rings. The average molecular weight is 363 g/mol. The van der Waals surface area contributed by atoms with E-state index >= 15 is 0 Å². The smallest absolute Gasteiger partial charge is 0.310 e. The maximum Gasteiger partial charge on any atom is 0.310 e. The summed E-state index contributed by atoms with van der Waals surface area (Å²) in [6.45, 7) is 5.74. The van der Waals surface area contributed by atoms with Crippen molar-refractivity contribution >= 4 is 22.4 Å². The van der Waals surface area contributed by atoms with E-state index in [9.17, 15) is 4.79 Å². The summed E-state index contributed by atoms with van der Waals surface area (Å²) in [5.74, 6) is 1.42. The number of anilines is 1. The molecule has 25 heavy (non-hydrogen) atoms. The van der Waals surface area contributed by atoms with E-state index in [0.29, 0.717) is 6.54 Å². The Labute approximate surface area is 149 Å². The summed E-state index contributed by atoms with van der Waals surface area (Å²) in [7, 11) is 1.44. The van der Waals surface area contributed by atoms with Crippen LogP contribution >= 0.6 is 11.3 Å². The minimum absolute atomic E-state index is 0.140. The predicted octanol–water partition coefficient (Wildman–Crippen LogP) is 1.28. The summed E-state index contributed by atoms with van der Waals surface area (Å²) in [5, 5.41) is 9.71. The Bertz CT molecular complexity index is 781. The summed E-state index contributed by atoms with van der Waals surface area (Å²) in [4.78, 5) is 19.9. The molecule has 1 fully saturated rings. The van der Waals surface area contributed by atoms with Gasteiger partial charge in [-0.05, 0) is 13.3 Å². The second kappa shape index (κ2) is 6.72. The van der Waals surface area contributed by atoms with Gasteiger partial charge in [-0.25, -0.2) is 4.98 Å². The minimum atomic E-state index is -0.166. The highest BCUT2D eigenvalue weighted by atomic mass is 32.1. The van der Waals surface area contributed by atoms with E-state index in [2.05, 4.69) is 19.7 Å². The molecule has 0 spiro atoms. The molecule has 0 aromatic carbocycles. The van der Waals surface area contributed by atoms with Crippen LogP contribution in [0.25, 0.3) is 10.7 Å². The second-order valence-corrected chi connectivity index (χ2v) is 7.30. The first-order chi connectivity index (χ1) is 12.2. The van der Waals surface area contributed by atoms with Crippen molar-refractivity contribution in [1.82, 2.24) is 19.7 Å². The van der Waals surface area contributed by atoms with Crippen LogP contribution in [0.15, 0.2) is 0 Å². The molecule has 1 atom stereocenters. The van der Waals surface area contributed by atoms with Crippen molar-refractivity contribution in [2.75, 3.05) is 38.3 Å². The van der Waals surface area contributed by atoms with Crippen LogP contribution in [0.2, 0.25) is 0 Å². The SMILES string of the molecule is COC(=O)C1CCc2nnc(-c3sc(N4CCOCC4)nc3C)n2C1. The van der Waals surface area contributed by atoms with E-state index in [1.165, 1.54) is 7.11 Å². The third-order valence-electron chi connectivity index (χ3n) is 4.75. The third kappa shape index (κ3) is 3.02. The number of hydrogen-bond donors (Lipinski definition) is 0. The van der Waals surface area contributed by atoms with Crippen molar-refractivity contribution in [2.45, 2.75) is 26.3 Å². The lowest BCUT2D eigenvalue weighted by Crippen LogP contribution is -2.36. The molecule has 0 aliphatic carbocycles. The van der Waals surface area contributed by atoms with Gasteiger partial charge in [0.15, 0.2) is 11.0 Å². The fourth-order valence-corrected chi connectivity index (χ4v) is 4.45. The van der Waals surface area contributed by atoms with Crippen LogP contribution in [-0.4, -0.2) is 59.1 Å². The normalized spacial score (nSPS) is 20.4. The van der Waals surface area contributed by atoms with Crippen molar-refractivity contribution in [3.8, 4) is 10.7 Å². The van der Waals surface area contributed by atoms with Crippen molar-refractivity contribution in [3.05, 3.63) is 11.5 Å². The van der Waals surface area contributed by atoms with Crippen LogP contribution in [0.1, 0.15) is 17.9 Å². The summed E-state index contributed by atoms with van der Waals surface area (Å²) >= 11 is 1.63. The Morgan fingerprint density at radius 1 is 1.32 bits per heavy atom. The van der Waals surface area contributed by atoms with Gasteiger partial charge >= 0.3 is 5.97 Å². The number of carbonyl (C=O) groups is 1. The third-order valence-corrected chi connectivity index (χ3v) is 5.97. The standard InChI is InChI=1S/C16H21N5O3S/c1-10-13(25-16(17-10)20-5-7-24-8-6-20)14-19-18-12-4-3-11(9-21(12)14)15(22)23-2/h11H,3-9H2,1-2H3. The molecule has 1 saturated heterocycles. The van der Waals surface area contributed by atoms with Gasteiger partial charge in [0, 0.05) is 26.1 Å². The Balaban J connectivity index is 1.64. The van der Waals surface area contributed by atoms with Crippen LogP contribution in [0, 0.1) is 12.8 Å². The number of hydrogen-bond acceptors (Lipinski definition) is 8. The molecule has 4 heterocycles. The van der Waals surface area contributed by atoms with E-state index in [1.807, 2.05) is 6.92 Å². The minimum Gasteiger partial charge on any atom is -0.469 e. The van der Waals surface area contributed by atoms with Crippen molar-refractivity contribution in [3.63, 3.8) is 0 Å². The number of thiazole rings is 1. The second-order valence-electron chi connectivity index (χ2n) is 6.32. The van der Waals surface area contributed by atoms with Gasteiger partial charge < -0.3 is 18.9 Å². The van der Waals surface area contributed by atoms with Crippen LogP contribution in [0.3, 0.4) is 0 Å². The highest BCUT2D eigenvalue weighted by Crippen LogP contribution is 2.35. The monoisotopic (exact) mass is 363 g/mol. The maximum absolute atomic E-state index is 11.9. The number of aryl methyl sites for hydroxylation is 2. The fraction of sp³-hybridized carbons (Fsp3) is 0.625. The number of methoxy groups -OCH3 is 1. The Kier molecular flexibility index (Phi) is 4.43. The molecule has 0 N–H and O–H groups in total. The fourth-order valence-electron chi connectivity index (χ4n) is 3.33. The van der Waals surface area contributed by atoms with Crippen LogP contribution in [0.5, 0.6) is 0 Å². The van der Waals surface area contributed by atoms with E-state index in [1.54, 1.807) is 11.3 Å². The Morgan fingerprint density at radius 2 is 2.12 bits per heavy atom. The van der Waals surface area contributed by atoms with Crippen LogP contribution in [-0.2, 0) is 27.2 Å². The summed E-state index contributed by atoms with van der Waals surface area (Å²) in [6.07, 6.45) is 1.49. The highest BCUT2D eigenvalue weighted by Gasteiger charge is 2.30. The number of carbonyl (C=O) groups excluding carboxylic acids is 1. The molecule has 0 amide bonds.